The lowest BCUT2D eigenvalue weighted by Gasteiger charge is -2.26. The molecule has 5 rings (SSSR count). The summed E-state index contributed by atoms with van der Waals surface area (Å²) in [5.41, 5.74) is 1.58. The molecule has 0 spiro atoms. The molecule has 0 radical (unpaired) electrons. The number of aryl methyl sites for hydroxylation is 1. The van der Waals surface area contributed by atoms with Crippen molar-refractivity contribution in [2.45, 2.75) is 31.3 Å². The molecular formula is C28H23ClF2N6O5S2. The lowest BCUT2D eigenvalue weighted by atomic mass is 10.1. The summed E-state index contributed by atoms with van der Waals surface area (Å²) in [6.07, 6.45) is 4.52. The van der Waals surface area contributed by atoms with Crippen LogP contribution in [0.2, 0.25) is 5.02 Å². The molecule has 0 aliphatic carbocycles. The van der Waals surface area contributed by atoms with Gasteiger partial charge in [-0.1, -0.05) is 11.6 Å². The van der Waals surface area contributed by atoms with Crippen LogP contribution in [-0.2, 0) is 21.8 Å². The van der Waals surface area contributed by atoms with Crippen LogP contribution in [0.5, 0.6) is 11.5 Å². The molecule has 0 aliphatic rings. The fourth-order valence-corrected chi connectivity index (χ4v) is 6.16. The Balaban J connectivity index is 1.55. The Morgan fingerprint density at radius 3 is 2.48 bits per heavy atom. The van der Waals surface area contributed by atoms with Gasteiger partial charge in [-0.15, -0.1) is 15.6 Å². The second-order valence-electron chi connectivity index (χ2n) is 10.2. The summed E-state index contributed by atoms with van der Waals surface area (Å²) in [5, 5.41) is 5.16. The highest BCUT2D eigenvalue weighted by atomic mass is 35.5. The SMILES string of the molecule is Cn1cc(-c2cc(-c3cccnc3F)ncc2Oc2cc(F)c(S(=O)(=O)N(C(=O)OC(C)(C)C)c3cscn3)cc2Cl)cn1. The minimum absolute atomic E-state index is 0.0841. The number of ether oxygens (including phenoxy) is 2. The van der Waals surface area contributed by atoms with Crippen LogP contribution in [0.1, 0.15) is 20.8 Å². The van der Waals surface area contributed by atoms with E-state index in [9.17, 15) is 17.6 Å². The average Bonchev–Trinajstić information content (AvgIpc) is 3.62. The molecule has 0 saturated heterocycles. The molecule has 0 unspecified atom stereocenters. The molecule has 5 aromatic rings. The fraction of sp³-hybridized carbons (Fsp3) is 0.179. The Bertz CT molecular complexity index is 1960. The number of anilines is 1. The van der Waals surface area contributed by atoms with Crippen molar-refractivity contribution in [3.8, 4) is 33.9 Å². The quantitative estimate of drug-likeness (QED) is 0.172. The number of rotatable bonds is 7. The third-order valence-electron chi connectivity index (χ3n) is 5.83. The zero-order chi connectivity index (χ0) is 31.8. The first-order chi connectivity index (χ1) is 20.7. The summed E-state index contributed by atoms with van der Waals surface area (Å²) in [6.45, 7) is 4.65. The van der Waals surface area contributed by atoms with Crippen molar-refractivity contribution in [2.75, 3.05) is 4.31 Å². The van der Waals surface area contributed by atoms with E-state index in [1.165, 1.54) is 40.2 Å². The van der Waals surface area contributed by atoms with Crippen LogP contribution >= 0.6 is 22.9 Å². The summed E-state index contributed by atoms with van der Waals surface area (Å²) < 4.78 is 70.3. The number of sulfonamides is 1. The van der Waals surface area contributed by atoms with Gasteiger partial charge in [0.1, 0.15) is 22.1 Å². The van der Waals surface area contributed by atoms with Gasteiger partial charge in [0.25, 0.3) is 10.0 Å². The molecule has 0 N–H and O–H groups in total. The number of thiazole rings is 1. The standard InChI is InChI=1S/C28H23ClF2N6O5S2/c1-28(2,3)42-27(38)37(25-14-43-15-34-25)44(39,40)24-9-19(29)22(10-20(24)30)41-23-12-33-21(17-6-5-7-32-26(17)31)8-18(23)16-11-35-36(4)13-16/h5-15H,1-4H3. The third kappa shape index (κ3) is 6.39. The second kappa shape index (κ2) is 11.9. The van der Waals surface area contributed by atoms with Crippen molar-refractivity contribution in [1.29, 1.82) is 0 Å². The van der Waals surface area contributed by atoms with Crippen LogP contribution < -0.4 is 9.04 Å². The van der Waals surface area contributed by atoms with E-state index in [-0.39, 0.29) is 37.9 Å². The van der Waals surface area contributed by atoms with Gasteiger partial charge in [-0.25, -0.2) is 27.6 Å². The molecule has 0 fully saturated rings. The summed E-state index contributed by atoms with van der Waals surface area (Å²) in [4.78, 5) is 23.9. The zero-order valence-electron chi connectivity index (χ0n) is 23.5. The Morgan fingerprint density at radius 2 is 1.84 bits per heavy atom. The normalized spacial score (nSPS) is 11.8. The first kappa shape index (κ1) is 31.0. The molecule has 0 saturated carbocycles. The van der Waals surface area contributed by atoms with Gasteiger partial charge in [0.2, 0.25) is 5.95 Å². The highest BCUT2D eigenvalue weighted by Crippen LogP contribution is 2.40. The van der Waals surface area contributed by atoms with Crippen molar-refractivity contribution in [3.63, 3.8) is 0 Å². The molecule has 4 heterocycles. The van der Waals surface area contributed by atoms with E-state index in [0.717, 1.165) is 23.5 Å². The van der Waals surface area contributed by atoms with Gasteiger partial charge in [-0.2, -0.15) is 9.49 Å². The number of pyridine rings is 2. The fourth-order valence-electron chi connectivity index (χ4n) is 3.96. The highest BCUT2D eigenvalue weighted by molar-refractivity contribution is 7.93. The van der Waals surface area contributed by atoms with Gasteiger partial charge in [-0.3, -0.25) is 9.67 Å². The number of carbonyl (C=O) groups is 1. The number of carbonyl (C=O) groups excluding carboxylic acids is 1. The summed E-state index contributed by atoms with van der Waals surface area (Å²) in [5.74, 6) is -2.45. The maximum absolute atomic E-state index is 15.6. The number of amides is 1. The van der Waals surface area contributed by atoms with Crippen molar-refractivity contribution in [2.24, 2.45) is 7.05 Å². The van der Waals surface area contributed by atoms with Gasteiger partial charge < -0.3 is 9.47 Å². The Hall–Kier alpha value is -4.47. The van der Waals surface area contributed by atoms with Crippen molar-refractivity contribution in [3.05, 3.63) is 82.8 Å². The van der Waals surface area contributed by atoms with Crippen molar-refractivity contribution >= 4 is 44.9 Å². The minimum Gasteiger partial charge on any atom is -0.453 e. The predicted octanol–water partition coefficient (Wildman–Crippen LogP) is 6.85. The van der Waals surface area contributed by atoms with Crippen molar-refractivity contribution < 1.29 is 31.5 Å². The molecule has 4 aromatic heterocycles. The number of halogens is 3. The molecule has 11 nitrogen and oxygen atoms in total. The van der Waals surface area contributed by atoms with Crippen molar-refractivity contribution in [1.82, 2.24) is 24.7 Å². The van der Waals surface area contributed by atoms with Crippen LogP contribution in [0, 0.1) is 11.8 Å². The third-order valence-corrected chi connectivity index (χ3v) is 8.38. The van der Waals surface area contributed by atoms with E-state index in [1.807, 2.05) is 0 Å². The molecule has 1 amide bonds. The van der Waals surface area contributed by atoms with Gasteiger partial charge in [0, 0.05) is 42.0 Å². The van der Waals surface area contributed by atoms with E-state index in [1.54, 1.807) is 46.1 Å². The highest BCUT2D eigenvalue weighted by Gasteiger charge is 2.38. The molecule has 0 bridgehead atoms. The Morgan fingerprint density at radius 1 is 1.07 bits per heavy atom. The molecule has 44 heavy (non-hydrogen) atoms. The Labute approximate surface area is 259 Å². The molecule has 0 aliphatic heterocycles. The van der Waals surface area contributed by atoms with Gasteiger partial charge in [0.15, 0.2) is 11.6 Å². The molecule has 1 aromatic carbocycles. The van der Waals surface area contributed by atoms with Crippen LogP contribution in [0.25, 0.3) is 22.4 Å². The van der Waals surface area contributed by atoms with Gasteiger partial charge in [-0.05, 0) is 45.0 Å². The molecular weight excluding hydrogens is 638 g/mol. The van der Waals surface area contributed by atoms with Crippen LogP contribution in [0.3, 0.4) is 0 Å². The molecule has 228 valence electrons. The largest absolute Gasteiger partial charge is 0.453 e. The zero-order valence-corrected chi connectivity index (χ0v) is 25.9. The maximum atomic E-state index is 15.6. The summed E-state index contributed by atoms with van der Waals surface area (Å²) >= 11 is 7.45. The van der Waals surface area contributed by atoms with E-state index >= 15 is 4.39 Å². The van der Waals surface area contributed by atoms with E-state index in [0.29, 0.717) is 11.1 Å². The summed E-state index contributed by atoms with van der Waals surface area (Å²) in [6, 6.07) is 6.20. The predicted molar refractivity (Wildman–Crippen MR) is 159 cm³/mol. The first-order valence-electron chi connectivity index (χ1n) is 12.7. The number of hydrogen-bond acceptors (Lipinski definition) is 10. The van der Waals surface area contributed by atoms with Crippen LogP contribution in [0.4, 0.5) is 19.4 Å². The first-order valence-corrected chi connectivity index (χ1v) is 15.4. The molecule has 16 heteroatoms. The molecule has 0 atom stereocenters. The monoisotopic (exact) mass is 660 g/mol. The number of aromatic nitrogens is 5. The topological polar surface area (TPSA) is 129 Å². The van der Waals surface area contributed by atoms with E-state index in [4.69, 9.17) is 21.1 Å². The minimum atomic E-state index is -4.90. The van der Waals surface area contributed by atoms with E-state index in [2.05, 4.69) is 20.1 Å². The second-order valence-corrected chi connectivity index (χ2v) is 13.1. The van der Waals surface area contributed by atoms with Crippen LogP contribution in [-0.4, -0.2) is 44.8 Å². The number of nitrogens with zero attached hydrogens (tertiary/aromatic N) is 6. The van der Waals surface area contributed by atoms with Crippen LogP contribution in [0.15, 0.2) is 70.9 Å². The van der Waals surface area contributed by atoms with Gasteiger partial charge in [0.05, 0.1) is 34.2 Å². The number of benzene rings is 1. The van der Waals surface area contributed by atoms with Gasteiger partial charge >= 0.3 is 6.09 Å². The van der Waals surface area contributed by atoms with E-state index < -0.39 is 38.4 Å². The lowest BCUT2D eigenvalue weighted by molar-refractivity contribution is 0.0608. The Kier molecular flexibility index (Phi) is 8.38. The average molecular weight is 661 g/mol. The smallest absolute Gasteiger partial charge is 0.430 e. The number of hydrogen-bond donors (Lipinski definition) is 0. The lowest BCUT2D eigenvalue weighted by Crippen LogP contribution is -2.41. The summed E-state index contributed by atoms with van der Waals surface area (Å²) in [7, 11) is -3.21. The maximum Gasteiger partial charge on any atom is 0.430 e.